The number of halogens is 2. The first kappa shape index (κ1) is 25.7. The Hall–Kier alpha value is -2.93. The van der Waals surface area contributed by atoms with E-state index in [1.165, 1.54) is 0 Å². The van der Waals surface area contributed by atoms with E-state index >= 15 is 0 Å². The highest BCUT2D eigenvalue weighted by atomic mass is 35.5. The van der Waals surface area contributed by atoms with Crippen molar-refractivity contribution in [2.45, 2.75) is 17.7 Å². The van der Waals surface area contributed by atoms with Gasteiger partial charge in [-0.25, -0.2) is 0 Å². The van der Waals surface area contributed by atoms with Gasteiger partial charge in [0.25, 0.3) is 5.56 Å². The third-order valence-corrected chi connectivity index (χ3v) is 8.11. The van der Waals surface area contributed by atoms with Crippen LogP contribution in [0.1, 0.15) is 12.8 Å². The summed E-state index contributed by atoms with van der Waals surface area (Å²) in [5, 5.41) is 5.29. The van der Waals surface area contributed by atoms with E-state index in [4.69, 9.17) is 23.2 Å². The molecule has 0 aliphatic carbocycles. The van der Waals surface area contributed by atoms with Crippen molar-refractivity contribution in [3.8, 4) is 11.1 Å². The summed E-state index contributed by atoms with van der Waals surface area (Å²) in [4.78, 5) is 32.7. The Morgan fingerprint density at radius 2 is 1.78 bits per heavy atom. The normalized spacial score (nSPS) is 15.6. The molecule has 1 aliphatic heterocycles. The summed E-state index contributed by atoms with van der Waals surface area (Å²) >= 11 is 14.0. The second-order valence-corrected chi connectivity index (χ2v) is 11.2. The number of hydrogen-bond acceptors (Lipinski definition) is 4. The zero-order valence-electron chi connectivity index (χ0n) is 20.2. The number of benzene rings is 3. The molecule has 8 heteroatoms. The number of aromatic nitrogens is 1. The summed E-state index contributed by atoms with van der Waals surface area (Å²) in [6.45, 7) is 1.78. The summed E-state index contributed by atoms with van der Waals surface area (Å²) in [7, 11) is 0. The monoisotopic (exact) mass is 551 g/mol. The highest BCUT2D eigenvalue weighted by Gasteiger charge is 2.29. The zero-order valence-corrected chi connectivity index (χ0v) is 22.5. The molecule has 1 saturated heterocycles. The van der Waals surface area contributed by atoms with Crippen molar-refractivity contribution >= 4 is 57.5 Å². The topological polar surface area (TPSA) is 65.2 Å². The SMILES string of the molecule is O=C(NCCSc1ccc(Cl)cc1)C1CCCN(c2c(-c3ccccc3)c3cc(Cl)ccc3[nH]c2=O)C1. The Kier molecular flexibility index (Phi) is 8.08. The summed E-state index contributed by atoms with van der Waals surface area (Å²) in [5.41, 5.74) is 2.97. The zero-order chi connectivity index (χ0) is 25.8. The third kappa shape index (κ3) is 5.98. The number of amides is 1. The Bertz CT molecular complexity index is 1460. The number of nitrogens with zero attached hydrogens (tertiary/aromatic N) is 1. The van der Waals surface area contributed by atoms with E-state index < -0.39 is 0 Å². The minimum Gasteiger partial charge on any atom is -0.366 e. The number of fused-ring (bicyclic) bond motifs is 1. The Morgan fingerprint density at radius 3 is 2.57 bits per heavy atom. The van der Waals surface area contributed by atoms with Crippen molar-refractivity contribution in [1.82, 2.24) is 10.3 Å². The van der Waals surface area contributed by atoms with Gasteiger partial charge in [0.2, 0.25) is 5.91 Å². The number of anilines is 1. The van der Waals surface area contributed by atoms with Crippen molar-refractivity contribution in [2.75, 3.05) is 30.3 Å². The number of thioether (sulfide) groups is 1. The number of carbonyl (C=O) groups is 1. The van der Waals surface area contributed by atoms with Crippen LogP contribution in [-0.2, 0) is 4.79 Å². The van der Waals surface area contributed by atoms with Gasteiger partial charge in [-0.05, 0) is 60.9 Å². The number of piperidine rings is 1. The van der Waals surface area contributed by atoms with Gasteiger partial charge in [-0.3, -0.25) is 9.59 Å². The number of H-pyrrole nitrogens is 1. The molecule has 2 N–H and O–H groups in total. The molecule has 1 aromatic heterocycles. The number of aromatic amines is 1. The molecular formula is C29H27Cl2N3O2S. The van der Waals surface area contributed by atoms with Crippen LogP contribution in [0.25, 0.3) is 22.0 Å². The van der Waals surface area contributed by atoms with Crippen LogP contribution in [0.5, 0.6) is 0 Å². The molecule has 1 atom stereocenters. The Labute approximate surface area is 230 Å². The third-order valence-electron chi connectivity index (χ3n) is 6.61. The molecule has 1 unspecified atom stereocenters. The lowest BCUT2D eigenvalue weighted by molar-refractivity contribution is -0.125. The van der Waals surface area contributed by atoms with Crippen LogP contribution in [-0.4, -0.2) is 36.3 Å². The molecule has 37 heavy (non-hydrogen) atoms. The highest BCUT2D eigenvalue weighted by molar-refractivity contribution is 7.99. The van der Waals surface area contributed by atoms with Crippen LogP contribution < -0.4 is 15.8 Å². The number of hydrogen-bond donors (Lipinski definition) is 2. The van der Waals surface area contributed by atoms with Gasteiger partial charge in [-0.1, -0.05) is 53.5 Å². The lowest BCUT2D eigenvalue weighted by atomic mass is 9.94. The second-order valence-electron chi connectivity index (χ2n) is 9.11. The summed E-state index contributed by atoms with van der Waals surface area (Å²) in [6.07, 6.45) is 1.63. The quantitative estimate of drug-likeness (QED) is 0.200. The van der Waals surface area contributed by atoms with Crippen molar-refractivity contribution in [2.24, 2.45) is 5.92 Å². The van der Waals surface area contributed by atoms with Gasteiger partial charge in [-0.15, -0.1) is 11.8 Å². The summed E-state index contributed by atoms with van der Waals surface area (Å²) in [6, 6.07) is 23.1. The molecule has 0 spiro atoms. The van der Waals surface area contributed by atoms with Gasteiger partial charge in [0.15, 0.2) is 0 Å². The van der Waals surface area contributed by atoms with E-state index in [-0.39, 0.29) is 17.4 Å². The fourth-order valence-corrected chi connectivity index (χ4v) is 5.93. The molecule has 1 fully saturated rings. The number of nitrogens with one attached hydrogen (secondary N) is 2. The van der Waals surface area contributed by atoms with Crippen LogP contribution in [0.2, 0.25) is 10.0 Å². The average molecular weight is 553 g/mol. The lowest BCUT2D eigenvalue weighted by Gasteiger charge is -2.34. The molecule has 1 aliphatic rings. The van der Waals surface area contributed by atoms with E-state index in [1.54, 1.807) is 17.8 Å². The maximum absolute atomic E-state index is 13.4. The smallest absolute Gasteiger partial charge is 0.272 e. The maximum Gasteiger partial charge on any atom is 0.272 e. The van der Waals surface area contributed by atoms with Crippen LogP contribution >= 0.6 is 35.0 Å². The molecular weight excluding hydrogens is 525 g/mol. The van der Waals surface area contributed by atoms with E-state index in [0.717, 1.165) is 45.5 Å². The maximum atomic E-state index is 13.4. The first-order valence-electron chi connectivity index (χ1n) is 12.3. The number of rotatable bonds is 7. The minimum atomic E-state index is -0.188. The van der Waals surface area contributed by atoms with Crippen molar-refractivity contribution in [3.05, 3.63) is 93.2 Å². The van der Waals surface area contributed by atoms with Gasteiger partial charge in [0, 0.05) is 56.8 Å². The van der Waals surface area contributed by atoms with Crippen LogP contribution in [0.3, 0.4) is 0 Å². The van der Waals surface area contributed by atoms with Gasteiger partial charge < -0.3 is 15.2 Å². The number of pyridine rings is 1. The standard InChI is InChI=1S/C29H27Cl2N3O2S/c30-21-8-11-23(12-9-21)37-16-14-32-28(35)20-7-4-15-34(18-20)27-26(19-5-2-1-3-6-19)24-17-22(31)10-13-25(24)33-29(27)36/h1-3,5-6,8-13,17,20H,4,7,14-16,18H2,(H,32,35)(H,33,36). The molecule has 1 amide bonds. The van der Waals surface area contributed by atoms with E-state index in [2.05, 4.69) is 15.2 Å². The summed E-state index contributed by atoms with van der Waals surface area (Å²) < 4.78 is 0. The molecule has 4 aromatic rings. The minimum absolute atomic E-state index is 0.0305. The van der Waals surface area contributed by atoms with Crippen molar-refractivity contribution in [1.29, 1.82) is 0 Å². The molecule has 0 radical (unpaired) electrons. The van der Waals surface area contributed by atoms with Crippen molar-refractivity contribution < 1.29 is 4.79 Å². The predicted octanol–water partition coefficient (Wildman–Crippen LogP) is 6.63. The molecule has 5 rings (SSSR count). The molecule has 190 valence electrons. The fraction of sp³-hybridized carbons (Fsp3) is 0.241. The molecule has 0 saturated carbocycles. The molecule has 3 aromatic carbocycles. The molecule has 5 nitrogen and oxygen atoms in total. The first-order valence-corrected chi connectivity index (χ1v) is 14.1. The predicted molar refractivity (Wildman–Crippen MR) is 155 cm³/mol. The van der Waals surface area contributed by atoms with Crippen molar-refractivity contribution in [3.63, 3.8) is 0 Å². The second kappa shape index (κ2) is 11.6. The molecule has 0 bridgehead atoms. The number of carbonyl (C=O) groups excluding carboxylic acids is 1. The molecule has 2 heterocycles. The first-order chi connectivity index (χ1) is 18.0. The highest BCUT2D eigenvalue weighted by Crippen LogP contribution is 2.37. The van der Waals surface area contributed by atoms with Crippen LogP contribution in [0.4, 0.5) is 5.69 Å². The van der Waals surface area contributed by atoms with E-state index in [1.807, 2.05) is 66.7 Å². The van der Waals surface area contributed by atoms with Crippen LogP contribution in [0.15, 0.2) is 82.5 Å². The van der Waals surface area contributed by atoms with Gasteiger partial charge in [0.1, 0.15) is 5.69 Å². The summed E-state index contributed by atoms with van der Waals surface area (Å²) in [5.74, 6) is 0.614. The Morgan fingerprint density at radius 1 is 1.03 bits per heavy atom. The van der Waals surface area contributed by atoms with Gasteiger partial charge in [-0.2, -0.15) is 0 Å². The Balaban J connectivity index is 1.35. The van der Waals surface area contributed by atoms with Gasteiger partial charge >= 0.3 is 0 Å². The lowest BCUT2D eigenvalue weighted by Crippen LogP contribution is -2.45. The van der Waals surface area contributed by atoms with E-state index in [9.17, 15) is 9.59 Å². The van der Waals surface area contributed by atoms with Crippen LogP contribution in [0, 0.1) is 5.92 Å². The van der Waals surface area contributed by atoms with Gasteiger partial charge in [0.05, 0.1) is 5.92 Å². The largest absolute Gasteiger partial charge is 0.366 e. The van der Waals surface area contributed by atoms with E-state index in [0.29, 0.717) is 35.4 Å². The fourth-order valence-electron chi connectivity index (χ4n) is 4.87. The average Bonchev–Trinajstić information content (AvgIpc) is 2.92.